The Morgan fingerprint density at radius 2 is 1.79 bits per heavy atom. The molecule has 1 amide bonds. The summed E-state index contributed by atoms with van der Waals surface area (Å²) < 4.78 is 2.14. The van der Waals surface area contributed by atoms with Crippen molar-refractivity contribution in [2.45, 2.75) is 46.5 Å². The lowest BCUT2D eigenvalue weighted by Crippen LogP contribution is -2.17. The van der Waals surface area contributed by atoms with Gasteiger partial charge in [-0.2, -0.15) is 0 Å². The summed E-state index contributed by atoms with van der Waals surface area (Å²) >= 11 is 7.70. The molecule has 6 nitrogen and oxygen atoms in total. The Kier molecular flexibility index (Phi) is 7.23. The minimum Gasteiger partial charge on any atom is -0.478 e. The van der Waals surface area contributed by atoms with Gasteiger partial charge in [-0.1, -0.05) is 29.3 Å². The van der Waals surface area contributed by atoms with E-state index in [4.69, 9.17) is 11.6 Å². The maximum absolute atomic E-state index is 13.7. The number of hydrogen-bond acceptors (Lipinski definition) is 4. The molecule has 0 saturated heterocycles. The molecule has 0 radical (unpaired) electrons. The van der Waals surface area contributed by atoms with Crippen molar-refractivity contribution in [1.82, 2.24) is 4.57 Å². The average Bonchev–Trinajstić information content (AvgIpc) is 3.40. The molecule has 4 aromatic rings. The fraction of sp³-hybridized carbons (Fsp3) is 0.233. The number of aryl methyl sites for hydroxylation is 3. The number of aromatic nitrogens is 1. The number of benzene rings is 2. The molecule has 1 aliphatic carbocycles. The van der Waals surface area contributed by atoms with Crippen molar-refractivity contribution in [3.8, 4) is 5.00 Å². The molecule has 0 fully saturated rings. The Hall–Kier alpha value is -3.68. The van der Waals surface area contributed by atoms with E-state index in [9.17, 15) is 14.7 Å². The third-order valence-corrected chi connectivity index (χ3v) is 8.50. The van der Waals surface area contributed by atoms with Gasteiger partial charge in [-0.25, -0.2) is 4.79 Å². The minimum absolute atomic E-state index is 0.0141. The highest BCUT2D eigenvalue weighted by Gasteiger charge is 2.28. The van der Waals surface area contributed by atoms with E-state index in [1.165, 1.54) is 17.0 Å². The van der Waals surface area contributed by atoms with E-state index in [0.29, 0.717) is 5.69 Å². The van der Waals surface area contributed by atoms with Crippen LogP contribution >= 0.6 is 22.9 Å². The fourth-order valence-corrected chi connectivity index (χ4v) is 6.60. The van der Waals surface area contributed by atoms with Gasteiger partial charge in [0.05, 0.1) is 21.8 Å². The van der Waals surface area contributed by atoms with E-state index in [0.717, 1.165) is 70.0 Å². The lowest BCUT2D eigenvalue weighted by Gasteiger charge is -2.14. The van der Waals surface area contributed by atoms with E-state index >= 15 is 0 Å². The summed E-state index contributed by atoms with van der Waals surface area (Å²) in [4.78, 5) is 30.9. The molecule has 1 aliphatic rings. The fourth-order valence-electron chi connectivity index (χ4n) is 4.91. The van der Waals surface area contributed by atoms with Crippen molar-refractivity contribution in [2.75, 3.05) is 5.32 Å². The summed E-state index contributed by atoms with van der Waals surface area (Å²) in [5.74, 6) is -1.18. The van der Waals surface area contributed by atoms with Gasteiger partial charge in [0.1, 0.15) is 5.00 Å². The summed E-state index contributed by atoms with van der Waals surface area (Å²) in [6.45, 7) is 6.06. The largest absolute Gasteiger partial charge is 0.478 e. The van der Waals surface area contributed by atoms with Gasteiger partial charge in [-0.05, 0) is 88.4 Å². The van der Waals surface area contributed by atoms with Crippen LogP contribution in [0.2, 0.25) is 5.02 Å². The highest BCUT2D eigenvalue weighted by atomic mass is 35.5. The molecule has 0 atom stereocenters. The lowest BCUT2D eigenvalue weighted by atomic mass is 9.95. The summed E-state index contributed by atoms with van der Waals surface area (Å²) in [7, 11) is 0. The molecule has 8 heteroatoms. The van der Waals surface area contributed by atoms with Gasteiger partial charge in [0, 0.05) is 33.7 Å². The number of aromatic carboxylic acids is 1. The van der Waals surface area contributed by atoms with Crippen LogP contribution in [0.5, 0.6) is 0 Å². The van der Waals surface area contributed by atoms with Crippen molar-refractivity contribution >= 4 is 52.4 Å². The quantitative estimate of drug-likeness (QED) is 0.243. The van der Waals surface area contributed by atoms with Crippen LogP contribution in [0.25, 0.3) is 5.00 Å². The van der Waals surface area contributed by atoms with Crippen molar-refractivity contribution in [2.24, 2.45) is 4.99 Å². The highest BCUT2D eigenvalue weighted by Crippen LogP contribution is 2.39. The molecule has 194 valence electrons. The number of carbonyl (C=O) groups is 2. The molecule has 0 unspecified atom stereocenters. The third kappa shape index (κ3) is 5.04. The SMILES string of the molecule is Cc1ccc(NC(=O)c2c(-n3c(C)cc(C=Nc4ccc(Cl)c(C(=O)O)c4)c3C)sc3c2CCCC3)cc1. The van der Waals surface area contributed by atoms with Crippen LogP contribution in [-0.2, 0) is 12.8 Å². The van der Waals surface area contributed by atoms with Crippen LogP contribution < -0.4 is 5.32 Å². The van der Waals surface area contributed by atoms with Crippen LogP contribution in [0.15, 0.2) is 53.5 Å². The topological polar surface area (TPSA) is 83.7 Å². The molecular formula is C30H28ClN3O3S. The van der Waals surface area contributed by atoms with Crippen LogP contribution in [0, 0.1) is 20.8 Å². The van der Waals surface area contributed by atoms with E-state index in [1.807, 2.05) is 51.1 Å². The second-order valence-corrected chi connectivity index (χ2v) is 11.1. The Bertz CT molecular complexity index is 1580. The molecule has 0 saturated carbocycles. The molecule has 0 bridgehead atoms. The standard InChI is InChI=1S/C30H28ClN3O3S/c1-17-8-10-21(11-9-17)33-28(35)27-23-6-4-5-7-26(23)38-29(27)34-18(2)14-20(19(34)3)16-32-22-12-13-25(31)24(15-22)30(36)37/h8-16H,4-7H2,1-3H3,(H,33,35)(H,36,37). The number of halogens is 1. The first-order chi connectivity index (χ1) is 18.2. The predicted molar refractivity (Wildman–Crippen MR) is 155 cm³/mol. The summed E-state index contributed by atoms with van der Waals surface area (Å²) in [5.41, 5.74) is 7.19. The van der Waals surface area contributed by atoms with E-state index in [2.05, 4.69) is 14.9 Å². The number of nitrogens with one attached hydrogen (secondary N) is 1. The molecule has 0 aliphatic heterocycles. The van der Waals surface area contributed by atoms with Gasteiger partial charge < -0.3 is 15.0 Å². The van der Waals surface area contributed by atoms with Crippen LogP contribution in [0.1, 0.15) is 66.5 Å². The van der Waals surface area contributed by atoms with Gasteiger partial charge >= 0.3 is 5.97 Å². The van der Waals surface area contributed by atoms with E-state index < -0.39 is 5.97 Å². The zero-order chi connectivity index (χ0) is 27.0. The van der Waals surface area contributed by atoms with Crippen molar-refractivity contribution in [3.63, 3.8) is 0 Å². The Morgan fingerprint density at radius 3 is 2.53 bits per heavy atom. The van der Waals surface area contributed by atoms with Crippen molar-refractivity contribution in [1.29, 1.82) is 0 Å². The first-order valence-corrected chi connectivity index (χ1v) is 13.7. The molecule has 2 heterocycles. The number of carbonyl (C=O) groups excluding carboxylic acids is 1. The van der Waals surface area contributed by atoms with Gasteiger partial charge in [0.2, 0.25) is 0 Å². The smallest absolute Gasteiger partial charge is 0.337 e. The number of aliphatic imine (C=N–C) groups is 1. The molecule has 0 spiro atoms. The van der Waals surface area contributed by atoms with Crippen molar-refractivity contribution in [3.05, 3.63) is 97.6 Å². The third-order valence-electron chi connectivity index (χ3n) is 6.90. The van der Waals surface area contributed by atoms with Crippen LogP contribution in [0.4, 0.5) is 11.4 Å². The summed E-state index contributed by atoms with van der Waals surface area (Å²) in [6, 6.07) is 14.6. The van der Waals surface area contributed by atoms with Crippen molar-refractivity contribution < 1.29 is 14.7 Å². The Balaban J connectivity index is 1.53. The maximum Gasteiger partial charge on any atom is 0.337 e. The second-order valence-electron chi connectivity index (χ2n) is 9.60. The number of anilines is 1. The number of carboxylic acid groups (broad SMARTS) is 1. The first kappa shape index (κ1) is 25.9. The summed E-state index contributed by atoms with van der Waals surface area (Å²) in [6.07, 6.45) is 5.83. The van der Waals surface area contributed by atoms with Gasteiger partial charge in [-0.15, -0.1) is 11.3 Å². The van der Waals surface area contributed by atoms with Crippen LogP contribution in [-0.4, -0.2) is 27.8 Å². The van der Waals surface area contributed by atoms with Gasteiger partial charge in [0.25, 0.3) is 5.91 Å². The number of fused-ring (bicyclic) bond motifs is 1. The molecule has 5 rings (SSSR count). The second kappa shape index (κ2) is 10.6. The van der Waals surface area contributed by atoms with E-state index in [-0.39, 0.29) is 16.5 Å². The molecule has 2 aromatic heterocycles. The number of rotatable bonds is 6. The monoisotopic (exact) mass is 545 g/mol. The average molecular weight is 546 g/mol. The molecule has 38 heavy (non-hydrogen) atoms. The predicted octanol–water partition coefficient (Wildman–Crippen LogP) is 7.70. The van der Waals surface area contributed by atoms with Crippen LogP contribution in [0.3, 0.4) is 0 Å². The summed E-state index contributed by atoms with van der Waals surface area (Å²) in [5, 5.41) is 13.6. The molecular weight excluding hydrogens is 518 g/mol. The Morgan fingerprint density at radius 1 is 1.05 bits per heavy atom. The minimum atomic E-state index is -1.09. The maximum atomic E-state index is 13.7. The number of hydrogen-bond donors (Lipinski definition) is 2. The number of amides is 1. The first-order valence-electron chi connectivity index (χ1n) is 12.5. The zero-order valence-electron chi connectivity index (χ0n) is 21.5. The normalized spacial score (nSPS) is 13.1. The number of nitrogens with zero attached hydrogens (tertiary/aromatic N) is 2. The Labute approximate surface area is 230 Å². The zero-order valence-corrected chi connectivity index (χ0v) is 23.0. The molecule has 2 N–H and O–H groups in total. The molecule has 2 aromatic carbocycles. The number of carboxylic acids is 1. The van der Waals surface area contributed by atoms with Gasteiger partial charge in [-0.3, -0.25) is 9.79 Å². The van der Waals surface area contributed by atoms with Gasteiger partial charge in [0.15, 0.2) is 0 Å². The lowest BCUT2D eigenvalue weighted by molar-refractivity contribution is 0.0697. The highest BCUT2D eigenvalue weighted by molar-refractivity contribution is 7.15. The number of thiophene rings is 1. The van der Waals surface area contributed by atoms with E-state index in [1.54, 1.807) is 23.6 Å².